The lowest BCUT2D eigenvalue weighted by Gasteiger charge is -2.07. The van der Waals surface area contributed by atoms with Crippen molar-refractivity contribution in [2.75, 3.05) is 0 Å². The van der Waals surface area contributed by atoms with Crippen molar-refractivity contribution < 1.29 is 4.79 Å². The number of ketones is 1. The zero-order chi connectivity index (χ0) is 12.4. The van der Waals surface area contributed by atoms with E-state index in [1.165, 1.54) is 0 Å². The normalized spacial score (nSPS) is 12.9. The minimum atomic E-state index is -0.0892. The van der Waals surface area contributed by atoms with Gasteiger partial charge < -0.3 is 4.57 Å². The van der Waals surface area contributed by atoms with Crippen LogP contribution in [0.15, 0.2) is 24.5 Å². The van der Waals surface area contributed by atoms with Gasteiger partial charge in [-0.3, -0.25) is 4.79 Å². The topological polar surface area (TPSA) is 34.9 Å². The summed E-state index contributed by atoms with van der Waals surface area (Å²) in [5, 5.41) is 0. The monoisotopic (exact) mass is 294 g/mol. The fourth-order valence-corrected chi connectivity index (χ4v) is 2.58. The minimum Gasteiger partial charge on any atom is -0.334 e. The van der Waals surface area contributed by atoms with Crippen molar-refractivity contribution in [3.05, 3.63) is 30.1 Å². The van der Waals surface area contributed by atoms with Gasteiger partial charge in [-0.1, -0.05) is 29.3 Å². The fourth-order valence-electron chi connectivity index (χ4n) is 1.85. The molecule has 1 aromatic heterocycles. The molecule has 0 aliphatic carbocycles. The van der Waals surface area contributed by atoms with E-state index in [2.05, 4.69) is 27.8 Å². The third-order valence-electron chi connectivity index (χ3n) is 2.84. The summed E-state index contributed by atoms with van der Waals surface area (Å²) in [6.45, 7) is 2.07. The number of imidazole rings is 1. The molecule has 0 spiro atoms. The Balaban J connectivity index is 2.33. The summed E-state index contributed by atoms with van der Waals surface area (Å²) in [5.41, 5.74) is 2.64. The van der Waals surface area contributed by atoms with E-state index in [4.69, 9.17) is 0 Å². The van der Waals surface area contributed by atoms with E-state index in [0.29, 0.717) is 0 Å². The SMILES string of the molecule is CCCC(Br)C(=O)c1ccc2c(c1)ncn2C. The molecule has 0 aliphatic rings. The number of benzene rings is 1. The molecule has 2 rings (SSSR count). The van der Waals surface area contributed by atoms with E-state index < -0.39 is 0 Å². The first-order valence-corrected chi connectivity index (χ1v) is 6.64. The predicted octanol–water partition coefficient (Wildman–Crippen LogP) is 3.32. The van der Waals surface area contributed by atoms with Crippen molar-refractivity contribution in [1.82, 2.24) is 9.55 Å². The smallest absolute Gasteiger partial charge is 0.176 e. The molecule has 0 fully saturated rings. The van der Waals surface area contributed by atoms with Crippen molar-refractivity contribution in [1.29, 1.82) is 0 Å². The first kappa shape index (κ1) is 12.3. The highest BCUT2D eigenvalue weighted by molar-refractivity contribution is 9.10. The molecule has 0 N–H and O–H groups in total. The Bertz CT molecular complexity index is 547. The molecule has 1 aromatic carbocycles. The maximum absolute atomic E-state index is 12.1. The number of fused-ring (bicyclic) bond motifs is 1. The zero-order valence-electron chi connectivity index (χ0n) is 9.98. The van der Waals surface area contributed by atoms with Crippen molar-refractivity contribution in [2.24, 2.45) is 7.05 Å². The van der Waals surface area contributed by atoms with Crippen LogP contribution in [0.2, 0.25) is 0 Å². The molecule has 0 bridgehead atoms. The first-order chi connectivity index (χ1) is 8.13. The number of carbonyl (C=O) groups is 1. The number of aromatic nitrogens is 2. The maximum atomic E-state index is 12.1. The molecule has 0 saturated carbocycles. The van der Waals surface area contributed by atoms with Gasteiger partial charge in [0, 0.05) is 12.6 Å². The van der Waals surface area contributed by atoms with E-state index >= 15 is 0 Å². The third-order valence-corrected chi connectivity index (χ3v) is 3.71. The summed E-state index contributed by atoms with van der Waals surface area (Å²) in [6.07, 6.45) is 3.61. The molecule has 3 nitrogen and oxygen atoms in total. The molecule has 1 atom stereocenters. The highest BCUT2D eigenvalue weighted by Gasteiger charge is 2.16. The van der Waals surface area contributed by atoms with Crippen LogP contribution in [0.5, 0.6) is 0 Å². The molecule has 0 amide bonds. The molecule has 90 valence electrons. The highest BCUT2D eigenvalue weighted by atomic mass is 79.9. The average molecular weight is 295 g/mol. The number of hydrogen-bond acceptors (Lipinski definition) is 2. The van der Waals surface area contributed by atoms with Crippen LogP contribution in [-0.4, -0.2) is 20.2 Å². The highest BCUT2D eigenvalue weighted by Crippen LogP contribution is 2.19. The second-order valence-electron chi connectivity index (χ2n) is 4.18. The van der Waals surface area contributed by atoms with Gasteiger partial charge in [-0.25, -0.2) is 4.98 Å². The predicted molar refractivity (Wildman–Crippen MR) is 72.7 cm³/mol. The van der Waals surface area contributed by atoms with Crippen LogP contribution in [0.25, 0.3) is 11.0 Å². The number of rotatable bonds is 4. The summed E-state index contributed by atoms with van der Waals surface area (Å²) in [5.74, 6) is 0.138. The summed E-state index contributed by atoms with van der Waals surface area (Å²) in [4.78, 5) is 16.3. The number of halogens is 1. The third kappa shape index (κ3) is 2.41. The number of alkyl halides is 1. The zero-order valence-corrected chi connectivity index (χ0v) is 11.6. The largest absolute Gasteiger partial charge is 0.334 e. The summed E-state index contributed by atoms with van der Waals surface area (Å²) in [6, 6.07) is 5.68. The van der Waals surface area contributed by atoms with Crippen LogP contribution in [0.3, 0.4) is 0 Å². The van der Waals surface area contributed by atoms with Crippen LogP contribution in [-0.2, 0) is 7.05 Å². The van der Waals surface area contributed by atoms with E-state index in [0.717, 1.165) is 29.4 Å². The van der Waals surface area contributed by atoms with Gasteiger partial charge in [-0.05, 0) is 24.6 Å². The van der Waals surface area contributed by atoms with Gasteiger partial charge in [0.25, 0.3) is 0 Å². The van der Waals surface area contributed by atoms with Crippen molar-refractivity contribution >= 4 is 32.7 Å². The van der Waals surface area contributed by atoms with Crippen molar-refractivity contribution in [3.8, 4) is 0 Å². The van der Waals surface area contributed by atoms with Crippen LogP contribution >= 0.6 is 15.9 Å². The van der Waals surface area contributed by atoms with Gasteiger partial charge in [0.1, 0.15) is 0 Å². The molecule has 0 saturated heterocycles. The van der Waals surface area contributed by atoms with Gasteiger partial charge in [-0.15, -0.1) is 0 Å². The number of aryl methyl sites for hydroxylation is 1. The van der Waals surface area contributed by atoms with Crippen LogP contribution in [0.1, 0.15) is 30.1 Å². The second-order valence-corrected chi connectivity index (χ2v) is 5.28. The molecule has 1 heterocycles. The van der Waals surface area contributed by atoms with Gasteiger partial charge in [0.15, 0.2) is 5.78 Å². The Morgan fingerprint density at radius 1 is 1.53 bits per heavy atom. The summed E-state index contributed by atoms with van der Waals surface area (Å²) < 4.78 is 1.95. The Labute approximate surface area is 109 Å². The average Bonchev–Trinajstić information content (AvgIpc) is 2.70. The van der Waals surface area contributed by atoms with Crippen LogP contribution in [0, 0.1) is 0 Å². The van der Waals surface area contributed by atoms with Gasteiger partial charge in [-0.2, -0.15) is 0 Å². The van der Waals surface area contributed by atoms with E-state index in [1.54, 1.807) is 6.33 Å². The molecular weight excluding hydrogens is 280 g/mol. The Morgan fingerprint density at radius 3 is 3.00 bits per heavy atom. The number of Topliss-reactive ketones (excluding diaryl/α,β-unsaturated/α-hetero) is 1. The summed E-state index contributed by atoms with van der Waals surface area (Å²) in [7, 11) is 1.95. The van der Waals surface area contributed by atoms with Gasteiger partial charge in [0.05, 0.1) is 22.2 Å². The lowest BCUT2D eigenvalue weighted by atomic mass is 10.1. The molecule has 4 heteroatoms. The standard InChI is InChI=1S/C13H15BrN2O/c1-3-4-10(14)13(17)9-5-6-12-11(7-9)15-8-16(12)2/h5-8,10H,3-4H2,1-2H3. The van der Waals surface area contributed by atoms with E-state index in [9.17, 15) is 4.79 Å². The summed E-state index contributed by atoms with van der Waals surface area (Å²) >= 11 is 3.43. The minimum absolute atomic E-state index is 0.0892. The second kappa shape index (κ2) is 5.00. The number of carbonyl (C=O) groups excluding carboxylic acids is 1. The molecule has 0 radical (unpaired) electrons. The molecule has 17 heavy (non-hydrogen) atoms. The Morgan fingerprint density at radius 2 is 2.29 bits per heavy atom. The Kier molecular flexibility index (Phi) is 3.62. The van der Waals surface area contributed by atoms with Crippen molar-refractivity contribution in [3.63, 3.8) is 0 Å². The molecular formula is C13H15BrN2O. The van der Waals surface area contributed by atoms with Gasteiger partial charge in [0.2, 0.25) is 0 Å². The molecule has 1 unspecified atom stereocenters. The first-order valence-electron chi connectivity index (χ1n) is 5.73. The van der Waals surface area contributed by atoms with Crippen LogP contribution in [0.4, 0.5) is 0 Å². The molecule has 0 aliphatic heterocycles. The van der Waals surface area contributed by atoms with E-state index in [-0.39, 0.29) is 10.6 Å². The maximum Gasteiger partial charge on any atom is 0.176 e. The number of nitrogens with zero attached hydrogens (tertiary/aromatic N) is 2. The lowest BCUT2D eigenvalue weighted by molar-refractivity contribution is 0.0988. The van der Waals surface area contributed by atoms with Gasteiger partial charge >= 0.3 is 0 Å². The molecule has 2 aromatic rings. The van der Waals surface area contributed by atoms with E-state index in [1.807, 2.05) is 29.8 Å². The quantitative estimate of drug-likeness (QED) is 0.640. The number of hydrogen-bond donors (Lipinski definition) is 0. The Hall–Kier alpha value is -1.16. The fraction of sp³-hybridized carbons (Fsp3) is 0.385. The van der Waals surface area contributed by atoms with Crippen molar-refractivity contribution in [2.45, 2.75) is 24.6 Å². The lowest BCUT2D eigenvalue weighted by Crippen LogP contribution is -2.13. The van der Waals surface area contributed by atoms with Crippen LogP contribution < -0.4 is 0 Å².